The van der Waals surface area contributed by atoms with Gasteiger partial charge in [-0.1, -0.05) is 36.1 Å². The summed E-state index contributed by atoms with van der Waals surface area (Å²) in [6.07, 6.45) is -2.99. The van der Waals surface area contributed by atoms with Crippen molar-refractivity contribution in [3.05, 3.63) is 86.2 Å². The number of alkyl halides is 3. The van der Waals surface area contributed by atoms with Gasteiger partial charge in [-0.05, 0) is 95.0 Å². The van der Waals surface area contributed by atoms with Crippen molar-refractivity contribution in [3.63, 3.8) is 0 Å². The second-order valence-electron chi connectivity index (χ2n) is 8.73. The number of nitrogens with one attached hydrogen (secondary N) is 1. The van der Waals surface area contributed by atoms with Gasteiger partial charge < -0.3 is 14.8 Å². The van der Waals surface area contributed by atoms with Gasteiger partial charge in [0.15, 0.2) is 22.4 Å². The number of halogens is 4. The van der Waals surface area contributed by atoms with Gasteiger partial charge in [0.05, 0.1) is 29.0 Å². The summed E-state index contributed by atoms with van der Waals surface area (Å²) in [5.41, 5.74) is 2.47. The zero-order valence-electron chi connectivity index (χ0n) is 21.4. The van der Waals surface area contributed by atoms with Gasteiger partial charge in [-0.25, -0.2) is 0 Å². The molecule has 1 heterocycles. The number of amides is 2. The third-order valence-corrected chi connectivity index (χ3v) is 7.89. The van der Waals surface area contributed by atoms with Crippen molar-refractivity contribution in [3.8, 4) is 11.5 Å². The number of carbonyl (C=O) groups is 2. The first-order chi connectivity index (χ1) is 18.9. The molecule has 1 aliphatic rings. The lowest BCUT2D eigenvalue weighted by Gasteiger charge is -2.16. The molecule has 2 amide bonds. The Labute approximate surface area is 246 Å². The summed E-state index contributed by atoms with van der Waals surface area (Å²) < 4.78 is 51.4. The number of hydrogen-bond donors (Lipinski definition) is 1. The Morgan fingerprint density at radius 2 is 1.82 bits per heavy atom. The molecule has 0 atom stereocenters. The predicted octanol–water partition coefficient (Wildman–Crippen LogP) is 7.52. The molecule has 0 spiro atoms. The van der Waals surface area contributed by atoms with Crippen LogP contribution in [-0.2, 0) is 15.8 Å². The standard InChI is InChI=1S/C28H22BrF3N2O4S2/c1-15-9-20(29)21(10-16(15)2)33-25(35)14-38-22-8-7-17(11-23(22)37-3)12-24-26(36)34(27(39)40-24)19-6-4-5-18(13-19)28(30,31)32/h4-13H,14H2,1-3H3,(H,33,35)/b24-12-. The molecule has 3 aromatic carbocycles. The fourth-order valence-corrected chi connectivity index (χ4v) is 5.62. The van der Waals surface area contributed by atoms with Gasteiger partial charge in [0.1, 0.15) is 0 Å². The third-order valence-electron chi connectivity index (χ3n) is 5.93. The molecule has 1 aliphatic heterocycles. The van der Waals surface area contributed by atoms with Gasteiger partial charge >= 0.3 is 6.18 Å². The van der Waals surface area contributed by atoms with Crippen LogP contribution in [0.2, 0.25) is 0 Å². The quantitative estimate of drug-likeness (QED) is 0.211. The van der Waals surface area contributed by atoms with E-state index < -0.39 is 17.6 Å². The number of anilines is 2. The van der Waals surface area contributed by atoms with Crippen LogP contribution in [0.1, 0.15) is 22.3 Å². The number of benzene rings is 3. The van der Waals surface area contributed by atoms with E-state index in [2.05, 4.69) is 21.2 Å². The molecule has 3 aromatic rings. The normalized spacial score (nSPS) is 14.6. The largest absolute Gasteiger partial charge is 0.493 e. The number of hydrogen-bond acceptors (Lipinski definition) is 6. The van der Waals surface area contributed by atoms with E-state index in [1.54, 1.807) is 24.3 Å². The van der Waals surface area contributed by atoms with Crippen molar-refractivity contribution >= 4 is 73.5 Å². The molecule has 0 radical (unpaired) electrons. The Hall–Kier alpha value is -3.35. The van der Waals surface area contributed by atoms with Crippen LogP contribution >= 0.6 is 39.9 Å². The van der Waals surface area contributed by atoms with Crippen molar-refractivity contribution in [1.29, 1.82) is 0 Å². The third kappa shape index (κ3) is 6.68. The number of ether oxygens (including phenoxy) is 2. The minimum atomic E-state index is -4.55. The van der Waals surface area contributed by atoms with Crippen LogP contribution < -0.4 is 19.7 Å². The fourth-order valence-electron chi connectivity index (χ4n) is 3.76. The molecule has 0 saturated carbocycles. The maximum absolute atomic E-state index is 13.2. The first-order valence-corrected chi connectivity index (χ1v) is 13.7. The number of aryl methyl sites for hydroxylation is 2. The Kier molecular flexibility index (Phi) is 8.91. The molecule has 0 unspecified atom stereocenters. The topological polar surface area (TPSA) is 67.9 Å². The van der Waals surface area contributed by atoms with Gasteiger partial charge in [0.25, 0.3) is 11.8 Å². The molecule has 1 saturated heterocycles. The van der Waals surface area contributed by atoms with E-state index in [4.69, 9.17) is 21.7 Å². The van der Waals surface area contributed by atoms with Gasteiger partial charge in [-0.2, -0.15) is 13.2 Å². The molecule has 0 aromatic heterocycles. The highest BCUT2D eigenvalue weighted by Crippen LogP contribution is 2.39. The van der Waals surface area contributed by atoms with E-state index in [9.17, 15) is 22.8 Å². The average molecular weight is 652 g/mol. The lowest BCUT2D eigenvalue weighted by molar-refractivity contribution is -0.137. The van der Waals surface area contributed by atoms with Gasteiger partial charge in [0.2, 0.25) is 0 Å². The maximum atomic E-state index is 13.2. The van der Waals surface area contributed by atoms with Crippen molar-refractivity contribution < 1.29 is 32.2 Å². The second kappa shape index (κ2) is 12.0. The summed E-state index contributed by atoms with van der Waals surface area (Å²) in [6, 6.07) is 13.1. The minimum Gasteiger partial charge on any atom is -0.493 e. The number of nitrogens with zero attached hydrogens (tertiary/aromatic N) is 1. The van der Waals surface area contributed by atoms with Crippen molar-refractivity contribution in [1.82, 2.24) is 0 Å². The van der Waals surface area contributed by atoms with Crippen LogP contribution in [0.15, 0.2) is 64.0 Å². The minimum absolute atomic E-state index is 0.0353. The molecule has 6 nitrogen and oxygen atoms in total. The number of methoxy groups -OCH3 is 1. The van der Waals surface area contributed by atoms with Gasteiger partial charge in [0, 0.05) is 4.47 Å². The summed E-state index contributed by atoms with van der Waals surface area (Å²) in [7, 11) is 1.44. The summed E-state index contributed by atoms with van der Waals surface area (Å²) in [4.78, 5) is 26.9. The monoisotopic (exact) mass is 650 g/mol. The Morgan fingerprint density at radius 1 is 1.10 bits per heavy atom. The first kappa shape index (κ1) is 29.6. The lowest BCUT2D eigenvalue weighted by atomic mass is 10.1. The van der Waals surface area contributed by atoms with Crippen LogP contribution in [0.25, 0.3) is 6.08 Å². The predicted molar refractivity (Wildman–Crippen MR) is 158 cm³/mol. The van der Waals surface area contributed by atoms with Crippen LogP contribution in [0.3, 0.4) is 0 Å². The Bertz CT molecular complexity index is 1540. The summed E-state index contributed by atoms with van der Waals surface area (Å²) in [5, 5.41) is 2.80. The maximum Gasteiger partial charge on any atom is 0.416 e. The highest BCUT2D eigenvalue weighted by molar-refractivity contribution is 9.10. The molecule has 4 rings (SSSR count). The molecule has 40 heavy (non-hydrogen) atoms. The fraction of sp³-hybridized carbons (Fsp3) is 0.179. The van der Waals surface area contributed by atoms with E-state index in [0.29, 0.717) is 22.7 Å². The number of thiocarbonyl (C=S) groups is 1. The van der Waals surface area contributed by atoms with E-state index in [1.165, 1.54) is 19.2 Å². The highest BCUT2D eigenvalue weighted by atomic mass is 79.9. The second-order valence-corrected chi connectivity index (χ2v) is 11.3. The van der Waals surface area contributed by atoms with Crippen LogP contribution in [0.5, 0.6) is 11.5 Å². The SMILES string of the molecule is COc1cc(/C=C2\SC(=S)N(c3cccc(C(F)(F)F)c3)C2=O)ccc1OCC(=O)Nc1cc(C)c(C)cc1Br. The van der Waals surface area contributed by atoms with Crippen LogP contribution in [0, 0.1) is 13.8 Å². The molecule has 208 valence electrons. The summed E-state index contributed by atoms with van der Waals surface area (Å²) >= 11 is 9.71. The van der Waals surface area contributed by atoms with Crippen molar-refractivity contribution in [2.24, 2.45) is 0 Å². The average Bonchev–Trinajstić information content (AvgIpc) is 3.18. The Balaban J connectivity index is 1.47. The highest BCUT2D eigenvalue weighted by Gasteiger charge is 2.36. The van der Waals surface area contributed by atoms with Crippen LogP contribution in [0.4, 0.5) is 24.5 Å². The van der Waals surface area contributed by atoms with E-state index in [0.717, 1.165) is 44.4 Å². The van der Waals surface area contributed by atoms with E-state index in [-0.39, 0.29) is 27.4 Å². The molecule has 1 fully saturated rings. The molecule has 1 N–H and O–H groups in total. The number of carbonyl (C=O) groups excluding carboxylic acids is 2. The Morgan fingerprint density at radius 3 is 2.52 bits per heavy atom. The van der Waals surface area contributed by atoms with Crippen molar-refractivity contribution in [2.75, 3.05) is 23.9 Å². The van der Waals surface area contributed by atoms with Gasteiger partial charge in [-0.3, -0.25) is 14.5 Å². The lowest BCUT2D eigenvalue weighted by Crippen LogP contribution is -2.27. The van der Waals surface area contributed by atoms with Gasteiger partial charge in [-0.15, -0.1) is 0 Å². The number of rotatable bonds is 7. The molecular formula is C28H22BrF3N2O4S2. The zero-order chi connectivity index (χ0) is 29.2. The number of thioether (sulfide) groups is 1. The van der Waals surface area contributed by atoms with E-state index in [1.807, 2.05) is 26.0 Å². The molecule has 12 heteroatoms. The first-order valence-electron chi connectivity index (χ1n) is 11.7. The smallest absolute Gasteiger partial charge is 0.416 e. The zero-order valence-corrected chi connectivity index (χ0v) is 24.6. The molecule has 0 aliphatic carbocycles. The van der Waals surface area contributed by atoms with Crippen molar-refractivity contribution in [2.45, 2.75) is 20.0 Å². The van der Waals surface area contributed by atoms with Crippen LogP contribution in [-0.4, -0.2) is 29.9 Å². The summed E-state index contributed by atoms with van der Waals surface area (Å²) in [5.74, 6) is -0.274. The molecule has 0 bridgehead atoms. The molecular weight excluding hydrogens is 629 g/mol. The van der Waals surface area contributed by atoms with E-state index >= 15 is 0 Å². The summed E-state index contributed by atoms with van der Waals surface area (Å²) in [6.45, 7) is 3.65.